The Kier molecular flexibility index (Phi) is 5.76. The predicted octanol–water partition coefficient (Wildman–Crippen LogP) is 3.55. The van der Waals surface area contributed by atoms with Crippen molar-refractivity contribution in [1.82, 2.24) is 19.8 Å². The Morgan fingerprint density at radius 1 is 1.23 bits per heavy atom. The Morgan fingerprint density at radius 2 is 2.10 bits per heavy atom. The maximum absolute atomic E-state index is 13.9. The summed E-state index contributed by atoms with van der Waals surface area (Å²) >= 11 is 5.56. The summed E-state index contributed by atoms with van der Waals surface area (Å²) in [4.78, 5) is 18.6. The fraction of sp³-hybridized carbons (Fsp3) is 0.227. The number of ether oxygens (including phenoxy) is 1. The van der Waals surface area contributed by atoms with Crippen LogP contribution in [-0.2, 0) is 9.53 Å². The minimum absolute atomic E-state index is 0.00199. The molecule has 1 aromatic carbocycles. The minimum Gasteiger partial charge on any atom is -0.465 e. The summed E-state index contributed by atoms with van der Waals surface area (Å²) in [6.07, 6.45) is 3.58. The zero-order valence-electron chi connectivity index (χ0n) is 16.4. The zero-order valence-corrected chi connectivity index (χ0v) is 17.2. The molecule has 2 aromatic heterocycles. The summed E-state index contributed by atoms with van der Waals surface area (Å²) in [7, 11) is 0. The quantitative estimate of drug-likeness (QED) is 0.483. The number of pyridine rings is 1. The molecule has 0 saturated carbocycles. The number of nitrogens with one attached hydrogen (secondary N) is 1. The third kappa shape index (κ3) is 3.91. The Labute approximate surface area is 179 Å². The highest BCUT2D eigenvalue weighted by Gasteiger charge is 2.42. The van der Waals surface area contributed by atoms with Gasteiger partial charge in [0.2, 0.25) is 0 Å². The summed E-state index contributed by atoms with van der Waals surface area (Å²) in [6.45, 7) is 2.06. The van der Waals surface area contributed by atoms with E-state index in [1.165, 1.54) is 12.1 Å². The van der Waals surface area contributed by atoms with Gasteiger partial charge in [0, 0.05) is 23.8 Å². The SMILES string of the molecule is CCOC(=O)CN1C(=S)N[C@@H](c2ccccn2)[C@@H]1c1cccn1-c1cccc(F)c1. The number of esters is 1. The Morgan fingerprint density at radius 3 is 2.83 bits per heavy atom. The van der Waals surface area contributed by atoms with Crippen LogP contribution >= 0.6 is 12.2 Å². The molecular formula is C22H21FN4O2S. The first-order valence-corrected chi connectivity index (χ1v) is 10.1. The van der Waals surface area contributed by atoms with Gasteiger partial charge < -0.3 is 19.5 Å². The van der Waals surface area contributed by atoms with Crippen LogP contribution in [0, 0.1) is 5.82 Å². The van der Waals surface area contributed by atoms with E-state index in [2.05, 4.69) is 10.3 Å². The number of benzene rings is 1. The molecule has 0 unspecified atom stereocenters. The number of carbonyl (C=O) groups is 1. The molecule has 0 amide bonds. The van der Waals surface area contributed by atoms with Crippen LogP contribution < -0.4 is 5.32 Å². The Bertz CT molecular complexity index is 1060. The summed E-state index contributed by atoms with van der Waals surface area (Å²) in [5, 5.41) is 3.74. The molecule has 154 valence electrons. The van der Waals surface area contributed by atoms with Gasteiger partial charge in [0.1, 0.15) is 12.4 Å². The van der Waals surface area contributed by atoms with E-state index in [0.717, 1.165) is 11.4 Å². The van der Waals surface area contributed by atoms with Crippen molar-refractivity contribution in [3.05, 3.63) is 84.2 Å². The first-order valence-electron chi connectivity index (χ1n) is 9.65. The average Bonchev–Trinajstić information content (AvgIpc) is 3.34. The van der Waals surface area contributed by atoms with Gasteiger partial charge in [0.15, 0.2) is 5.11 Å². The Hall–Kier alpha value is -3.26. The smallest absolute Gasteiger partial charge is 0.325 e. The van der Waals surface area contributed by atoms with E-state index >= 15 is 0 Å². The van der Waals surface area contributed by atoms with Gasteiger partial charge in [0.05, 0.1) is 24.4 Å². The highest BCUT2D eigenvalue weighted by atomic mass is 32.1. The van der Waals surface area contributed by atoms with Crippen molar-refractivity contribution in [2.75, 3.05) is 13.2 Å². The molecule has 0 radical (unpaired) electrons. The second-order valence-corrected chi connectivity index (χ2v) is 7.23. The normalized spacial score (nSPS) is 18.3. The number of halogens is 1. The monoisotopic (exact) mass is 424 g/mol. The number of carbonyl (C=O) groups excluding carboxylic acids is 1. The van der Waals surface area contributed by atoms with Crippen molar-refractivity contribution in [2.45, 2.75) is 19.0 Å². The molecule has 1 N–H and O–H groups in total. The standard InChI is InChI=1S/C22H21FN4O2S/c1-2-29-19(28)14-27-21(20(25-22(27)30)17-9-3-4-11-24-17)18-10-6-12-26(18)16-8-5-7-15(23)13-16/h3-13,20-21H,2,14H2,1H3,(H,25,30)/t20-,21-/m0/s1. The highest BCUT2D eigenvalue weighted by Crippen LogP contribution is 2.39. The molecule has 1 aliphatic rings. The van der Waals surface area contributed by atoms with Crippen molar-refractivity contribution in [2.24, 2.45) is 0 Å². The number of hydrogen-bond donors (Lipinski definition) is 1. The van der Waals surface area contributed by atoms with Crippen LogP contribution in [0.1, 0.15) is 30.4 Å². The maximum atomic E-state index is 13.9. The van der Waals surface area contributed by atoms with Gasteiger partial charge in [-0.05, 0) is 61.6 Å². The van der Waals surface area contributed by atoms with E-state index in [4.69, 9.17) is 17.0 Å². The van der Waals surface area contributed by atoms with Crippen LogP contribution in [0.5, 0.6) is 0 Å². The lowest BCUT2D eigenvalue weighted by Gasteiger charge is -2.28. The topological polar surface area (TPSA) is 59.4 Å². The lowest BCUT2D eigenvalue weighted by atomic mass is 10.0. The summed E-state index contributed by atoms with van der Waals surface area (Å²) in [6, 6.07) is 15.2. The van der Waals surface area contributed by atoms with E-state index in [9.17, 15) is 9.18 Å². The molecular weight excluding hydrogens is 403 g/mol. The second kappa shape index (κ2) is 8.62. The average molecular weight is 425 g/mol. The van der Waals surface area contributed by atoms with Crippen LogP contribution in [0.25, 0.3) is 5.69 Å². The predicted molar refractivity (Wildman–Crippen MR) is 115 cm³/mol. The largest absolute Gasteiger partial charge is 0.465 e. The van der Waals surface area contributed by atoms with Crippen molar-refractivity contribution in [3.8, 4) is 5.69 Å². The molecule has 1 aliphatic heterocycles. The summed E-state index contributed by atoms with van der Waals surface area (Å²) in [5.41, 5.74) is 2.33. The molecule has 1 saturated heterocycles. The lowest BCUT2D eigenvalue weighted by molar-refractivity contribution is -0.143. The first kappa shape index (κ1) is 20.0. The fourth-order valence-electron chi connectivity index (χ4n) is 3.74. The van der Waals surface area contributed by atoms with Crippen molar-refractivity contribution < 1.29 is 13.9 Å². The molecule has 3 heterocycles. The van der Waals surface area contributed by atoms with Gasteiger partial charge in [-0.25, -0.2) is 4.39 Å². The number of nitrogens with zero attached hydrogens (tertiary/aromatic N) is 3. The molecule has 3 aromatic rings. The first-order chi connectivity index (χ1) is 14.6. The number of rotatable bonds is 6. The van der Waals surface area contributed by atoms with Crippen LogP contribution in [-0.4, -0.2) is 38.7 Å². The van der Waals surface area contributed by atoms with Crippen molar-refractivity contribution in [1.29, 1.82) is 0 Å². The fourth-order valence-corrected chi connectivity index (χ4v) is 4.04. The van der Waals surface area contributed by atoms with E-state index < -0.39 is 0 Å². The molecule has 2 atom stereocenters. The molecule has 0 aliphatic carbocycles. The molecule has 4 rings (SSSR count). The van der Waals surface area contributed by atoms with Gasteiger partial charge >= 0.3 is 5.97 Å². The van der Waals surface area contributed by atoms with E-state index in [1.807, 2.05) is 47.2 Å². The van der Waals surface area contributed by atoms with Gasteiger partial charge in [0.25, 0.3) is 0 Å². The molecule has 1 fully saturated rings. The highest BCUT2D eigenvalue weighted by molar-refractivity contribution is 7.80. The van der Waals surface area contributed by atoms with Crippen LogP contribution in [0.2, 0.25) is 0 Å². The van der Waals surface area contributed by atoms with E-state index in [-0.39, 0.29) is 30.4 Å². The molecule has 8 heteroatoms. The number of hydrogen-bond acceptors (Lipinski definition) is 4. The van der Waals surface area contributed by atoms with Gasteiger partial charge in [-0.15, -0.1) is 0 Å². The minimum atomic E-state index is -0.364. The molecule has 0 spiro atoms. The van der Waals surface area contributed by atoms with Crippen LogP contribution in [0.4, 0.5) is 4.39 Å². The second-order valence-electron chi connectivity index (χ2n) is 6.84. The third-order valence-electron chi connectivity index (χ3n) is 4.97. The van der Waals surface area contributed by atoms with Crippen molar-refractivity contribution >= 4 is 23.3 Å². The molecule has 6 nitrogen and oxygen atoms in total. The van der Waals surface area contributed by atoms with Gasteiger partial charge in [-0.2, -0.15) is 0 Å². The maximum Gasteiger partial charge on any atom is 0.325 e. The lowest BCUT2D eigenvalue weighted by Crippen LogP contribution is -2.36. The number of thiocarbonyl (C=S) groups is 1. The molecule has 30 heavy (non-hydrogen) atoms. The third-order valence-corrected chi connectivity index (χ3v) is 5.32. The molecule has 0 bridgehead atoms. The summed E-state index contributed by atoms with van der Waals surface area (Å²) < 4.78 is 20.9. The number of aromatic nitrogens is 2. The zero-order chi connectivity index (χ0) is 21.1. The van der Waals surface area contributed by atoms with Gasteiger partial charge in [-0.3, -0.25) is 9.78 Å². The van der Waals surface area contributed by atoms with Crippen LogP contribution in [0.15, 0.2) is 67.0 Å². The van der Waals surface area contributed by atoms with Crippen molar-refractivity contribution in [3.63, 3.8) is 0 Å². The van der Waals surface area contributed by atoms with Gasteiger partial charge in [-0.1, -0.05) is 12.1 Å². The summed E-state index contributed by atoms with van der Waals surface area (Å²) in [5.74, 6) is -0.686. The van der Waals surface area contributed by atoms with E-state index in [1.54, 1.807) is 24.1 Å². The van der Waals surface area contributed by atoms with Crippen LogP contribution in [0.3, 0.4) is 0 Å². The van der Waals surface area contributed by atoms with E-state index in [0.29, 0.717) is 17.4 Å². The Balaban J connectivity index is 1.79.